The molecule has 9 nitrogen and oxygen atoms in total. The van der Waals surface area contributed by atoms with Crippen molar-refractivity contribution in [1.82, 2.24) is 4.98 Å². The van der Waals surface area contributed by atoms with Crippen molar-refractivity contribution in [2.45, 2.75) is 53.0 Å². The summed E-state index contributed by atoms with van der Waals surface area (Å²) in [5.74, 6) is 0.495. The molecule has 1 unspecified atom stereocenters. The molecule has 236 valence electrons. The lowest BCUT2D eigenvalue weighted by atomic mass is 9.95. The number of aliphatic hydroxyl groups is 1. The van der Waals surface area contributed by atoms with Gasteiger partial charge in [0, 0.05) is 5.56 Å². The molecule has 1 aliphatic rings. The van der Waals surface area contributed by atoms with E-state index in [0.717, 1.165) is 24.0 Å². The molecule has 1 saturated heterocycles. The standard InChI is InChI=1S/C35H38N2O7S/c1-5-9-10-19-44-27-18-13-23(20-28(27)43-8-4)31-30(32(38)22-11-14-24(15-12-22)41-6-2)33(39)34(40)37(31)35-36-26-17-16-25(42-7-3)21-29(26)45-35/h11-18,20-21,31,38H,5-10,19H2,1-4H3. The van der Waals surface area contributed by atoms with Gasteiger partial charge in [0.15, 0.2) is 16.6 Å². The zero-order valence-electron chi connectivity index (χ0n) is 26.0. The predicted molar refractivity (Wildman–Crippen MR) is 176 cm³/mol. The van der Waals surface area contributed by atoms with Gasteiger partial charge in [0.05, 0.1) is 48.3 Å². The van der Waals surface area contributed by atoms with Crippen molar-refractivity contribution < 1.29 is 33.6 Å². The number of Topliss-reactive ketones (excluding diaryl/α,β-unsaturated/α-hetero) is 1. The van der Waals surface area contributed by atoms with E-state index in [4.69, 9.17) is 23.9 Å². The van der Waals surface area contributed by atoms with Crippen LogP contribution < -0.4 is 23.8 Å². The molecule has 0 saturated carbocycles. The number of ether oxygens (including phenoxy) is 4. The number of ketones is 1. The second kappa shape index (κ2) is 14.5. The van der Waals surface area contributed by atoms with E-state index in [1.807, 2.05) is 39.0 Å². The minimum absolute atomic E-state index is 0.0440. The molecule has 10 heteroatoms. The lowest BCUT2D eigenvalue weighted by Crippen LogP contribution is -2.29. The smallest absolute Gasteiger partial charge is 0.301 e. The molecule has 0 bridgehead atoms. The van der Waals surface area contributed by atoms with E-state index < -0.39 is 17.7 Å². The molecule has 45 heavy (non-hydrogen) atoms. The molecule has 1 aliphatic heterocycles. The normalized spacial score (nSPS) is 15.9. The highest BCUT2D eigenvalue weighted by atomic mass is 32.1. The maximum absolute atomic E-state index is 13.8. The minimum atomic E-state index is -0.975. The number of carbonyl (C=O) groups excluding carboxylic acids is 2. The van der Waals surface area contributed by atoms with Gasteiger partial charge in [-0.05, 0) is 87.4 Å². The zero-order valence-corrected chi connectivity index (χ0v) is 26.8. The molecular weight excluding hydrogens is 592 g/mol. The quantitative estimate of drug-likeness (QED) is 0.0654. The summed E-state index contributed by atoms with van der Waals surface area (Å²) in [4.78, 5) is 33.6. The molecule has 1 amide bonds. The number of anilines is 1. The molecule has 0 spiro atoms. The fourth-order valence-electron chi connectivity index (χ4n) is 5.25. The van der Waals surface area contributed by atoms with Gasteiger partial charge < -0.3 is 24.1 Å². The molecule has 1 atom stereocenters. The first-order valence-corrected chi connectivity index (χ1v) is 16.2. The van der Waals surface area contributed by atoms with Gasteiger partial charge in [-0.15, -0.1) is 0 Å². The summed E-state index contributed by atoms with van der Waals surface area (Å²) in [6.07, 6.45) is 3.04. The number of hydrogen-bond acceptors (Lipinski definition) is 9. The van der Waals surface area contributed by atoms with E-state index in [1.165, 1.54) is 16.2 Å². The molecule has 1 fully saturated rings. The van der Waals surface area contributed by atoms with Gasteiger partial charge in [-0.2, -0.15) is 0 Å². The summed E-state index contributed by atoms with van der Waals surface area (Å²) in [6.45, 7) is 9.73. The van der Waals surface area contributed by atoms with Gasteiger partial charge in [-0.25, -0.2) is 4.98 Å². The maximum atomic E-state index is 13.8. The molecule has 1 N–H and O–H groups in total. The monoisotopic (exact) mass is 630 g/mol. The van der Waals surface area contributed by atoms with Crippen LogP contribution in [-0.2, 0) is 9.59 Å². The minimum Gasteiger partial charge on any atom is -0.507 e. The number of thiazole rings is 1. The van der Waals surface area contributed by atoms with Crippen LogP contribution in [0.5, 0.6) is 23.0 Å². The third kappa shape index (κ3) is 6.76. The number of fused-ring (bicyclic) bond motifs is 1. The van der Waals surface area contributed by atoms with Gasteiger partial charge in [0.1, 0.15) is 17.3 Å². The summed E-state index contributed by atoms with van der Waals surface area (Å²) >= 11 is 1.27. The summed E-state index contributed by atoms with van der Waals surface area (Å²) < 4.78 is 24.0. The van der Waals surface area contributed by atoms with Crippen molar-refractivity contribution >= 4 is 44.1 Å². The molecule has 4 aromatic rings. The van der Waals surface area contributed by atoms with Crippen LogP contribution in [0.25, 0.3) is 16.0 Å². The Labute approximate surface area is 267 Å². The zero-order chi connectivity index (χ0) is 31.9. The van der Waals surface area contributed by atoms with Gasteiger partial charge in [0.2, 0.25) is 0 Å². The van der Waals surface area contributed by atoms with E-state index >= 15 is 0 Å². The average Bonchev–Trinajstić information content (AvgIpc) is 3.57. The van der Waals surface area contributed by atoms with Crippen molar-refractivity contribution in [3.8, 4) is 23.0 Å². The lowest BCUT2D eigenvalue weighted by molar-refractivity contribution is -0.132. The van der Waals surface area contributed by atoms with Gasteiger partial charge >= 0.3 is 5.91 Å². The fraction of sp³-hybridized carbons (Fsp3) is 0.343. The van der Waals surface area contributed by atoms with Crippen LogP contribution in [0.15, 0.2) is 66.2 Å². The first kappa shape index (κ1) is 31.8. The van der Waals surface area contributed by atoms with Crippen molar-refractivity contribution in [1.29, 1.82) is 0 Å². The highest BCUT2D eigenvalue weighted by molar-refractivity contribution is 7.22. The number of carbonyl (C=O) groups is 2. The van der Waals surface area contributed by atoms with Crippen LogP contribution in [0.2, 0.25) is 0 Å². The number of unbranched alkanes of at least 4 members (excludes halogenated alkanes) is 2. The number of rotatable bonds is 14. The molecule has 1 aromatic heterocycles. The number of hydrogen-bond donors (Lipinski definition) is 1. The van der Waals surface area contributed by atoms with Crippen LogP contribution in [0.3, 0.4) is 0 Å². The topological polar surface area (TPSA) is 107 Å². The van der Waals surface area contributed by atoms with E-state index in [9.17, 15) is 14.7 Å². The third-order valence-corrected chi connectivity index (χ3v) is 8.36. The molecule has 5 rings (SSSR count). The summed E-state index contributed by atoms with van der Waals surface area (Å²) in [6, 6.07) is 16.6. The number of aromatic nitrogens is 1. The highest BCUT2D eigenvalue weighted by Crippen LogP contribution is 2.46. The Balaban J connectivity index is 1.64. The van der Waals surface area contributed by atoms with Crippen molar-refractivity contribution in [3.05, 3.63) is 77.4 Å². The van der Waals surface area contributed by atoms with E-state index in [0.29, 0.717) is 71.2 Å². The third-order valence-electron chi connectivity index (χ3n) is 7.34. The first-order valence-electron chi connectivity index (χ1n) is 15.4. The van der Waals surface area contributed by atoms with E-state index in [-0.39, 0.29) is 11.3 Å². The van der Waals surface area contributed by atoms with Crippen LogP contribution in [0.1, 0.15) is 64.1 Å². The highest BCUT2D eigenvalue weighted by Gasteiger charge is 2.48. The number of benzene rings is 3. The van der Waals surface area contributed by atoms with Crippen molar-refractivity contribution in [3.63, 3.8) is 0 Å². The largest absolute Gasteiger partial charge is 0.507 e. The summed E-state index contributed by atoms with van der Waals surface area (Å²) in [7, 11) is 0. The summed E-state index contributed by atoms with van der Waals surface area (Å²) in [5, 5.41) is 11.9. The lowest BCUT2D eigenvalue weighted by Gasteiger charge is -2.24. The summed E-state index contributed by atoms with van der Waals surface area (Å²) in [5.41, 5.74) is 1.57. The maximum Gasteiger partial charge on any atom is 0.301 e. The van der Waals surface area contributed by atoms with Crippen molar-refractivity contribution in [2.24, 2.45) is 0 Å². The predicted octanol–water partition coefficient (Wildman–Crippen LogP) is 7.69. The molecule has 0 radical (unpaired) electrons. The number of amides is 1. The van der Waals surface area contributed by atoms with Gasteiger partial charge in [-0.3, -0.25) is 14.5 Å². The SMILES string of the molecule is CCCCCOc1ccc(C2C(=C(O)c3ccc(OCC)cc3)C(=O)C(=O)N2c2nc3ccc(OCC)cc3s2)cc1OCC. The number of aliphatic hydroxyl groups excluding tert-OH is 1. The second-order valence-corrected chi connectivity index (χ2v) is 11.4. The Morgan fingerprint density at radius 2 is 1.53 bits per heavy atom. The molecule has 0 aliphatic carbocycles. The Kier molecular flexibility index (Phi) is 10.2. The second-order valence-electron chi connectivity index (χ2n) is 10.4. The van der Waals surface area contributed by atoms with Gasteiger partial charge in [-0.1, -0.05) is 37.2 Å². The Hall–Kier alpha value is -4.57. The molecule has 3 aromatic carbocycles. The van der Waals surface area contributed by atoms with Crippen LogP contribution >= 0.6 is 11.3 Å². The van der Waals surface area contributed by atoms with E-state index in [2.05, 4.69) is 6.92 Å². The molecular formula is C35H38N2O7S. The fourth-order valence-corrected chi connectivity index (χ4v) is 6.27. The van der Waals surface area contributed by atoms with Crippen LogP contribution in [0, 0.1) is 0 Å². The van der Waals surface area contributed by atoms with Crippen LogP contribution in [0.4, 0.5) is 5.13 Å². The van der Waals surface area contributed by atoms with E-state index in [1.54, 1.807) is 42.5 Å². The average molecular weight is 631 g/mol. The molecule has 2 heterocycles. The Morgan fingerprint density at radius 1 is 0.822 bits per heavy atom. The van der Waals surface area contributed by atoms with Crippen molar-refractivity contribution in [2.75, 3.05) is 31.3 Å². The Bertz CT molecular complexity index is 1700. The van der Waals surface area contributed by atoms with Crippen LogP contribution in [-0.4, -0.2) is 48.2 Å². The first-order chi connectivity index (χ1) is 21.9. The number of nitrogens with zero attached hydrogens (tertiary/aromatic N) is 2. The Morgan fingerprint density at radius 3 is 2.24 bits per heavy atom. The van der Waals surface area contributed by atoms with Gasteiger partial charge in [0.25, 0.3) is 5.78 Å².